The maximum atomic E-state index is 11.6. The number of hydrogen-bond acceptors (Lipinski definition) is 18. The Balaban J connectivity index is 0.000000201. The van der Waals surface area contributed by atoms with E-state index in [1.807, 2.05) is 79.1 Å². The number of benzene rings is 4. The molecule has 24 heteroatoms. The van der Waals surface area contributed by atoms with Crippen molar-refractivity contribution in [3.8, 4) is 0 Å². The number of aromatic nitrogens is 4. The average molecular weight is 2000 g/mol. The molecule has 4 aromatic carbocycles. The third-order valence-corrected chi connectivity index (χ3v) is 44.2. The molecular formula is C116H180N4O16SSi3. The van der Waals surface area contributed by atoms with E-state index >= 15 is 0 Å². The predicted octanol–water partition coefficient (Wildman–Crippen LogP) is 27.3. The number of carbonyl (C=O) groups excluding carboxylic acids is 3. The van der Waals surface area contributed by atoms with E-state index in [4.69, 9.17) is 68.5 Å². The van der Waals surface area contributed by atoms with Crippen molar-refractivity contribution in [3.05, 3.63) is 237 Å². The third kappa shape index (κ3) is 44.5. The number of ether oxygens (including phenoxy) is 8. The Labute approximate surface area is 851 Å². The van der Waals surface area contributed by atoms with Crippen molar-refractivity contribution in [2.24, 2.45) is 47.3 Å². The summed E-state index contributed by atoms with van der Waals surface area (Å²) in [6.07, 6.45) is 48.2. The number of aromatic amines is 3. The second-order valence-corrected chi connectivity index (χ2v) is 59.4. The number of aliphatic hydroxyl groups is 2. The number of hydrogen-bond donors (Lipinski definition) is 5. The van der Waals surface area contributed by atoms with Gasteiger partial charge in [-0.1, -0.05) is 214 Å². The number of aldehydes is 1. The highest BCUT2D eigenvalue weighted by Gasteiger charge is 2.43. The van der Waals surface area contributed by atoms with E-state index in [1.54, 1.807) is 6.33 Å². The van der Waals surface area contributed by atoms with Gasteiger partial charge in [0.1, 0.15) is 6.29 Å². The van der Waals surface area contributed by atoms with E-state index in [9.17, 15) is 19.5 Å². The van der Waals surface area contributed by atoms with Gasteiger partial charge < -0.3 is 81.1 Å². The van der Waals surface area contributed by atoms with Crippen molar-refractivity contribution in [2.45, 2.75) is 341 Å². The molecule has 20 nitrogen and oxygen atoms in total. The molecule has 5 N–H and O–H groups in total. The average Bonchev–Trinajstić information content (AvgIpc) is 1.68. The quantitative estimate of drug-likeness (QED) is 0.00603. The molecule has 0 radical (unpaired) electrons. The predicted molar refractivity (Wildman–Crippen MR) is 577 cm³/mol. The third-order valence-electron chi connectivity index (χ3n) is 30.5. The summed E-state index contributed by atoms with van der Waals surface area (Å²) in [7, 11) is -2.10. The molecule has 7 aliphatic carbocycles. The molecule has 0 bridgehead atoms. The molecule has 6 aromatic rings. The first-order chi connectivity index (χ1) is 66.9. The molecule has 3 heterocycles. The van der Waals surface area contributed by atoms with Gasteiger partial charge in [0.15, 0.2) is 35.5 Å². The van der Waals surface area contributed by atoms with Crippen molar-refractivity contribution in [1.29, 1.82) is 0 Å². The van der Waals surface area contributed by atoms with Crippen molar-refractivity contribution < 1.29 is 75.8 Å². The van der Waals surface area contributed by atoms with Gasteiger partial charge in [0.05, 0.1) is 98.6 Å². The van der Waals surface area contributed by atoms with Gasteiger partial charge >= 0.3 is 11.9 Å². The first-order valence-corrected chi connectivity index (χ1v) is 61.8. The van der Waals surface area contributed by atoms with Crippen LogP contribution >= 0.6 is 12.2 Å². The van der Waals surface area contributed by atoms with E-state index in [0.717, 1.165) is 205 Å². The van der Waals surface area contributed by atoms with Crippen LogP contribution in [0.4, 0.5) is 0 Å². The van der Waals surface area contributed by atoms with Crippen LogP contribution in [0.15, 0.2) is 198 Å². The number of carbonyl (C=O) groups is 3. The van der Waals surface area contributed by atoms with Crippen LogP contribution < -0.4 is 0 Å². The van der Waals surface area contributed by atoms with Crippen molar-refractivity contribution in [1.82, 2.24) is 19.9 Å². The first kappa shape index (κ1) is 118. The number of nitrogens with one attached hydrogen (secondary N) is 3. The van der Waals surface area contributed by atoms with Crippen LogP contribution in [0.2, 0.25) is 54.4 Å². The van der Waals surface area contributed by atoms with Crippen LogP contribution in [0, 0.1) is 52.1 Å². The summed E-state index contributed by atoms with van der Waals surface area (Å²) in [5, 5.41) is 19.8. The zero-order valence-electron chi connectivity index (χ0n) is 88.8. The van der Waals surface area contributed by atoms with Crippen molar-refractivity contribution in [2.75, 3.05) is 80.3 Å². The highest BCUT2D eigenvalue weighted by atomic mass is 32.1. The Hall–Kier alpha value is -6.96. The van der Waals surface area contributed by atoms with Gasteiger partial charge in [-0.05, 0) is 320 Å². The second-order valence-electron chi connectivity index (χ2n) is 44.6. The standard InChI is InChI=1S/C22H36O2Si.C17H30N2OSi.C17H24O4.C17H24O3.C17H22O3.C15H28O2Si.C11H16N2OS/c1-22(2,3)25(4,5)24-18-21-13-9-12-19(16-21)14-15-23-17-20-10-7-6-8-11-20;1-17(2,3)21(4,5)20-12-15-8-6-7-14(9-15)10-16-11-18-13-19-16;1-20-17(19)15-11-13(7-8-16(15)18)9-10-21-12-14-5-3-2-4-6-14;1-2-4-16(5-3-1)14-18-11-8-15-6-9-17(10-7-15)19-12-13-20-17;1-19-17(18)16-9-5-8-14(12-16)10-11-20-13-15-6-3-2-4-7-15;1-15(2,3)18(4,5)17-12-14-8-6-7-13(11-14)9-10-16;14-7-9-3-1-2-8(4-9)5-10-6-12-11(15)13-10/h6-8,10-11,13,19H,9,12,14-18H2,1-5H3;8,11,13-14H,6-7,9-10,12H2,1-5H3,(H,18,19);2-6,13,15-16,18H,7-12H2,1H3;1-5,15H,6-14H2;2-4,6-7,9,14H,5,8,10-13H2,1H3;8,10,13H,6-7,9,11-12H2,1-5H3;3,6,8,14H,1-2,4-5,7H2,(H2,12,13,15). The molecule has 14 rings (SSSR count). The molecule has 3 fully saturated rings. The lowest BCUT2D eigenvalue weighted by Crippen LogP contribution is -2.41. The second kappa shape index (κ2) is 62.1. The molecule has 2 saturated carbocycles. The summed E-state index contributed by atoms with van der Waals surface area (Å²) >= 11 is 4.98. The summed E-state index contributed by atoms with van der Waals surface area (Å²) in [5.74, 6) is 3.32. The Kier molecular flexibility index (Phi) is 52.5. The molecular weight excluding hydrogens is 1820 g/mol. The molecule has 8 unspecified atom stereocenters. The maximum absolute atomic E-state index is 11.6. The van der Waals surface area contributed by atoms with E-state index in [2.05, 4.69) is 206 Å². The summed E-state index contributed by atoms with van der Waals surface area (Å²) in [5.41, 5.74) is 13.7. The lowest BCUT2D eigenvalue weighted by Gasteiger charge is -2.37. The number of methoxy groups -OCH3 is 2. The maximum Gasteiger partial charge on any atom is 0.333 e. The Morgan fingerprint density at radius 3 is 1.25 bits per heavy atom. The van der Waals surface area contributed by atoms with Crippen LogP contribution in [0.1, 0.15) is 269 Å². The number of esters is 2. The minimum Gasteiger partial charge on any atom is -0.469 e. The molecule has 1 spiro atoms. The van der Waals surface area contributed by atoms with Crippen LogP contribution in [-0.4, -0.2) is 166 Å². The topological polar surface area (TPSA) is 253 Å². The molecule has 2 aromatic heterocycles. The normalized spacial score (nSPS) is 21.2. The number of imidazole rings is 2. The lowest BCUT2D eigenvalue weighted by molar-refractivity contribution is -0.183. The number of aliphatic hydroxyl groups excluding tert-OH is 2. The van der Waals surface area contributed by atoms with Crippen LogP contribution in [-0.2, 0) is 105 Å². The fraction of sp³-hybridized carbons (Fsp3) is 0.629. The monoisotopic (exact) mass is 2000 g/mol. The summed E-state index contributed by atoms with van der Waals surface area (Å²) in [4.78, 5) is 47.2. The molecule has 778 valence electrons. The Morgan fingerprint density at radius 1 is 0.464 bits per heavy atom. The number of nitrogens with zero attached hydrogens (tertiary/aromatic N) is 1. The first-order valence-electron chi connectivity index (χ1n) is 52.6. The Morgan fingerprint density at radius 2 is 0.850 bits per heavy atom. The number of allylic oxidation sites excluding steroid dienone is 5. The van der Waals surface area contributed by atoms with Crippen molar-refractivity contribution in [3.63, 3.8) is 0 Å². The fourth-order valence-electron chi connectivity index (χ4n) is 18.4. The van der Waals surface area contributed by atoms with E-state index in [1.165, 1.54) is 128 Å². The molecule has 0 amide bonds. The van der Waals surface area contributed by atoms with Crippen molar-refractivity contribution >= 4 is 55.4 Å². The zero-order chi connectivity index (χ0) is 101. The molecule has 8 aliphatic rings. The van der Waals surface area contributed by atoms with E-state index < -0.39 is 31.1 Å². The summed E-state index contributed by atoms with van der Waals surface area (Å²) < 4.78 is 63.8. The van der Waals surface area contributed by atoms with E-state index in [0.29, 0.717) is 67.5 Å². The van der Waals surface area contributed by atoms with Gasteiger partial charge in [-0.2, -0.15) is 0 Å². The highest BCUT2D eigenvalue weighted by molar-refractivity contribution is 7.71. The van der Waals surface area contributed by atoms with Gasteiger partial charge in [-0.3, -0.25) is 4.79 Å². The summed E-state index contributed by atoms with van der Waals surface area (Å²) in [6, 6.07) is 41.1. The minimum absolute atomic E-state index is 0.181. The van der Waals surface area contributed by atoms with Gasteiger partial charge in [0, 0.05) is 75.0 Å². The zero-order valence-corrected chi connectivity index (χ0v) is 92.6. The van der Waals surface area contributed by atoms with Crippen LogP contribution in [0.25, 0.3) is 0 Å². The SMILES string of the molecule is CC(C)(C)[Si](C)(C)OCC1=CCCC(CC=O)C1.CC(C)(C)[Si](C)(C)OCC1=CCCC(CCOCc2ccccc2)C1.CC(C)(C)[Si](C)(C)OCC1=CCCC(Cc2cnc[nH]2)C1.COC(=O)C1=CCCC(CCOCc2ccccc2)C1.COC(=O)C1CC(CCOCc2ccccc2)CCC1O.OCC1=CCCC(Cc2c[nH]c(=S)[nH]2)C1.c1ccc(COCCC2CCC3(CC2)OCCO3)cc1. The van der Waals surface area contributed by atoms with Gasteiger partial charge in [0.25, 0.3) is 0 Å². The number of H-pyrrole nitrogens is 3. The molecule has 140 heavy (non-hydrogen) atoms. The summed E-state index contributed by atoms with van der Waals surface area (Å²) in [6.45, 7) is 44.6. The van der Waals surface area contributed by atoms with Gasteiger partial charge in [0.2, 0.25) is 0 Å². The van der Waals surface area contributed by atoms with Crippen LogP contribution in [0.5, 0.6) is 0 Å². The van der Waals surface area contributed by atoms with E-state index in [-0.39, 0.29) is 45.4 Å². The minimum atomic E-state index is -1.65. The smallest absolute Gasteiger partial charge is 0.333 e. The highest BCUT2D eigenvalue weighted by Crippen LogP contribution is 2.44. The fourth-order valence-corrected chi connectivity index (χ4v) is 21.5. The largest absolute Gasteiger partial charge is 0.469 e. The van der Waals surface area contributed by atoms with Crippen LogP contribution in [0.3, 0.4) is 0 Å². The Bertz CT molecular complexity index is 4650. The van der Waals surface area contributed by atoms with Gasteiger partial charge in [-0.25, -0.2) is 9.78 Å². The molecule has 1 aliphatic heterocycles. The molecule has 1 saturated heterocycles. The number of rotatable bonds is 38. The lowest BCUT2D eigenvalue weighted by atomic mass is 9.78. The molecule has 8 atom stereocenters. The van der Waals surface area contributed by atoms with Gasteiger partial charge in [-0.15, -0.1) is 0 Å².